The molecule has 0 unspecified atom stereocenters. The van der Waals surface area contributed by atoms with Crippen molar-refractivity contribution in [3.8, 4) is 0 Å². The molecule has 0 aliphatic carbocycles. The van der Waals surface area contributed by atoms with E-state index in [9.17, 15) is 14.7 Å². The Hall–Kier alpha value is -1.69. The third kappa shape index (κ3) is 2.68. The van der Waals surface area contributed by atoms with Gasteiger partial charge in [-0.15, -0.1) is 0 Å². The van der Waals surface area contributed by atoms with Crippen LogP contribution in [0.5, 0.6) is 0 Å². The second-order valence-electron chi connectivity index (χ2n) is 5.02. The quantitative estimate of drug-likeness (QED) is 0.846. The lowest BCUT2D eigenvalue weighted by molar-refractivity contribution is -0.0828. The first-order valence-electron chi connectivity index (χ1n) is 6.59. The lowest BCUT2D eigenvalue weighted by Crippen LogP contribution is -2.63. The molecule has 19 heavy (non-hydrogen) atoms. The maximum absolute atomic E-state index is 12.1. The lowest BCUT2D eigenvalue weighted by Gasteiger charge is -2.45. The standard InChI is InChI=1S/C13H19N3O3/c1-3-7-16-11(17)6-5-10(14-16)12(18)15-8-13(19,4-2)9-15/h5-6,19H,3-4,7-9H2,1-2H3. The summed E-state index contributed by atoms with van der Waals surface area (Å²) in [6.07, 6.45) is 1.41. The van der Waals surface area contributed by atoms with Crippen molar-refractivity contribution in [2.45, 2.75) is 38.8 Å². The van der Waals surface area contributed by atoms with Gasteiger partial charge in [0.2, 0.25) is 0 Å². The molecular weight excluding hydrogens is 246 g/mol. The smallest absolute Gasteiger partial charge is 0.274 e. The summed E-state index contributed by atoms with van der Waals surface area (Å²) >= 11 is 0. The van der Waals surface area contributed by atoms with Crippen molar-refractivity contribution in [3.05, 3.63) is 28.2 Å². The maximum Gasteiger partial charge on any atom is 0.274 e. The van der Waals surface area contributed by atoms with E-state index >= 15 is 0 Å². The van der Waals surface area contributed by atoms with E-state index in [-0.39, 0.29) is 17.2 Å². The summed E-state index contributed by atoms with van der Waals surface area (Å²) in [5.74, 6) is -0.233. The Labute approximate surface area is 111 Å². The van der Waals surface area contributed by atoms with Crippen molar-refractivity contribution in [3.63, 3.8) is 0 Å². The van der Waals surface area contributed by atoms with Gasteiger partial charge in [-0.2, -0.15) is 5.10 Å². The van der Waals surface area contributed by atoms with Gasteiger partial charge in [0, 0.05) is 12.6 Å². The van der Waals surface area contributed by atoms with Crippen molar-refractivity contribution in [1.82, 2.24) is 14.7 Å². The van der Waals surface area contributed by atoms with Crippen LogP contribution in [0.25, 0.3) is 0 Å². The summed E-state index contributed by atoms with van der Waals surface area (Å²) in [7, 11) is 0. The van der Waals surface area contributed by atoms with Crippen LogP contribution in [0.2, 0.25) is 0 Å². The number of likely N-dealkylation sites (tertiary alicyclic amines) is 1. The van der Waals surface area contributed by atoms with E-state index in [1.54, 1.807) is 4.90 Å². The molecule has 0 aromatic carbocycles. The lowest BCUT2D eigenvalue weighted by atomic mass is 9.91. The molecule has 6 nitrogen and oxygen atoms in total. The highest BCUT2D eigenvalue weighted by Gasteiger charge is 2.42. The second kappa shape index (κ2) is 5.13. The van der Waals surface area contributed by atoms with Crippen molar-refractivity contribution in [2.75, 3.05) is 13.1 Å². The molecule has 0 spiro atoms. The minimum Gasteiger partial charge on any atom is -0.386 e. The maximum atomic E-state index is 12.1. The average molecular weight is 265 g/mol. The third-order valence-electron chi connectivity index (χ3n) is 3.44. The Kier molecular flexibility index (Phi) is 3.71. The number of aliphatic hydroxyl groups is 1. The Morgan fingerprint density at radius 2 is 2.11 bits per heavy atom. The molecular formula is C13H19N3O3. The zero-order valence-electron chi connectivity index (χ0n) is 11.3. The minimum atomic E-state index is -0.756. The number of amides is 1. The fourth-order valence-electron chi connectivity index (χ4n) is 2.13. The number of aromatic nitrogens is 2. The third-order valence-corrected chi connectivity index (χ3v) is 3.44. The summed E-state index contributed by atoms with van der Waals surface area (Å²) in [4.78, 5) is 25.2. The molecule has 2 heterocycles. The van der Waals surface area contributed by atoms with Crippen molar-refractivity contribution in [1.29, 1.82) is 0 Å². The number of carbonyl (C=O) groups is 1. The van der Waals surface area contributed by atoms with Crippen LogP contribution in [-0.4, -0.2) is 44.4 Å². The van der Waals surface area contributed by atoms with E-state index in [1.807, 2.05) is 13.8 Å². The Bertz CT molecular complexity index is 532. The van der Waals surface area contributed by atoms with Crippen LogP contribution in [0.1, 0.15) is 37.2 Å². The number of hydrogen-bond donors (Lipinski definition) is 1. The Balaban J connectivity index is 2.13. The van der Waals surface area contributed by atoms with E-state index in [1.165, 1.54) is 16.8 Å². The summed E-state index contributed by atoms with van der Waals surface area (Å²) in [5.41, 5.74) is -0.702. The van der Waals surface area contributed by atoms with E-state index in [0.29, 0.717) is 26.1 Å². The fourth-order valence-corrected chi connectivity index (χ4v) is 2.13. The summed E-state index contributed by atoms with van der Waals surface area (Å²) < 4.78 is 1.30. The monoisotopic (exact) mass is 265 g/mol. The average Bonchev–Trinajstić information content (AvgIpc) is 2.37. The minimum absolute atomic E-state index is 0.202. The van der Waals surface area contributed by atoms with Gasteiger partial charge in [-0.25, -0.2) is 4.68 Å². The molecule has 1 aromatic rings. The summed E-state index contributed by atoms with van der Waals surface area (Å²) in [6, 6.07) is 2.81. The van der Waals surface area contributed by atoms with E-state index in [4.69, 9.17) is 0 Å². The largest absolute Gasteiger partial charge is 0.386 e. The Morgan fingerprint density at radius 1 is 1.42 bits per heavy atom. The molecule has 6 heteroatoms. The Morgan fingerprint density at radius 3 is 2.68 bits per heavy atom. The molecule has 104 valence electrons. The van der Waals surface area contributed by atoms with Crippen LogP contribution in [0.3, 0.4) is 0 Å². The van der Waals surface area contributed by atoms with Crippen LogP contribution in [0, 0.1) is 0 Å². The first-order valence-corrected chi connectivity index (χ1v) is 6.59. The SMILES string of the molecule is CCCn1nc(C(=O)N2CC(O)(CC)C2)ccc1=O. The highest BCUT2D eigenvalue weighted by molar-refractivity contribution is 5.92. The summed E-state index contributed by atoms with van der Waals surface area (Å²) in [5, 5.41) is 14.0. The number of hydrogen-bond acceptors (Lipinski definition) is 4. The van der Waals surface area contributed by atoms with Gasteiger partial charge in [0.1, 0.15) is 5.69 Å². The molecule has 1 amide bonds. The van der Waals surface area contributed by atoms with Gasteiger partial charge in [-0.05, 0) is 18.9 Å². The van der Waals surface area contributed by atoms with Gasteiger partial charge in [-0.3, -0.25) is 9.59 Å². The second-order valence-corrected chi connectivity index (χ2v) is 5.02. The highest BCUT2D eigenvalue weighted by Crippen LogP contribution is 2.25. The summed E-state index contributed by atoms with van der Waals surface area (Å²) in [6.45, 7) is 4.99. The van der Waals surface area contributed by atoms with Crippen molar-refractivity contribution >= 4 is 5.91 Å². The van der Waals surface area contributed by atoms with Gasteiger partial charge in [0.05, 0.1) is 18.7 Å². The molecule has 1 aliphatic rings. The van der Waals surface area contributed by atoms with E-state index < -0.39 is 5.60 Å². The zero-order valence-corrected chi connectivity index (χ0v) is 11.3. The zero-order chi connectivity index (χ0) is 14.0. The molecule has 2 rings (SSSR count). The molecule has 0 saturated carbocycles. The van der Waals surface area contributed by atoms with Crippen molar-refractivity contribution in [2.24, 2.45) is 0 Å². The van der Waals surface area contributed by atoms with Gasteiger partial charge >= 0.3 is 0 Å². The van der Waals surface area contributed by atoms with Crippen molar-refractivity contribution < 1.29 is 9.90 Å². The molecule has 1 saturated heterocycles. The van der Waals surface area contributed by atoms with Gasteiger partial charge in [0.25, 0.3) is 11.5 Å². The fraction of sp³-hybridized carbons (Fsp3) is 0.615. The molecule has 0 atom stereocenters. The van der Waals surface area contributed by atoms with Crippen LogP contribution in [0.4, 0.5) is 0 Å². The molecule has 0 radical (unpaired) electrons. The van der Waals surface area contributed by atoms with E-state index in [2.05, 4.69) is 5.10 Å². The molecule has 1 aromatic heterocycles. The van der Waals surface area contributed by atoms with Crippen LogP contribution >= 0.6 is 0 Å². The first kappa shape index (κ1) is 13.7. The molecule has 0 bridgehead atoms. The van der Waals surface area contributed by atoms with Crippen LogP contribution in [0.15, 0.2) is 16.9 Å². The first-order chi connectivity index (χ1) is 8.99. The van der Waals surface area contributed by atoms with Gasteiger partial charge in [-0.1, -0.05) is 13.8 Å². The number of β-amino-alcohol motifs (C(OH)–C–C–N with tert-alkyl or cyclic N) is 1. The number of aryl methyl sites for hydroxylation is 1. The topological polar surface area (TPSA) is 75.4 Å². The normalized spacial score (nSPS) is 17.1. The molecule has 1 fully saturated rings. The number of nitrogens with zero attached hydrogens (tertiary/aromatic N) is 3. The van der Waals surface area contributed by atoms with Gasteiger partial charge < -0.3 is 10.0 Å². The predicted octanol–water partition coefficient (Wildman–Crippen LogP) is 0.250. The number of rotatable bonds is 4. The predicted molar refractivity (Wildman–Crippen MR) is 69.9 cm³/mol. The van der Waals surface area contributed by atoms with Crippen LogP contribution < -0.4 is 5.56 Å². The van der Waals surface area contributed by atoms with Crippen LogP contribution in [-0.2, 0) is 6.54 Å². The molecule has 1 aliphatic heterocycles. The number of carbonyl (C=O) groups excluding carboxylic acids is 1. The molecule has 1 N–H and O–H groups in total. The van der Waals surface area contributed by atoms with E-state index in [0.717, 1.165) is 6.42 Å². The highest BCUT2D eigenvalue weighted by atomic mass is 16.3. The van der Waals surface area contributed by atoms with Gasteiger partial charge in [0.15, 0.2) is 0 Å².